The van der Waals surface area contributed by atoms with Crippen molar-refractivity contribution in [3.05, 3.63) is 34.6 Å². The molecular weight excluding hydrogens is 306 g/mol. The number of halogens is 5. The molecule has 0 heterocycles. The molecule has 0 saturated heterocycles. The maximum Gasteiger partial charge on any atom is 0.392 e. The fourth-order valence-electron chi connectivity index (χ4n) is 3.19. The summed E-state index contributed by atoms with van der Waals surface area (Å²) in [7, 11) is 0. The summed E-state index contributed by atoms with van der Waals surface area (Å²) in [4.78, 5) is 0. The molecule has 1 aromatic rings. The monoisotopic (exact) mass is 323 g/mol. The lowest BCUT2D eigenvalue weighted by Gasteiger charge is -2.36. The van der Waals surface area contributed by atoms with E-state index in [-0.39, 0.29) is 23.4 Å². The Morgan fingerprint density at radius 1 is 1.24 bits per heavy atom. The van der Waals surface area contributed by atoms with Crippen LogP contribution in [-0.4, -0.2) is 12.2 Å². The zero-order valence-corrected chi connectivity index (χ0v) is 12.2. The van der Waals surface area contributed by atoms with Gasteiger partial charge < -0.3 is 5.73 Å². The topological polar surface area (TPSA) is 26.0 Å². The molecule has 3 atom stereocenters. The van der Waals surface area contributed by atoms with Crippen LogP contribution in [-0.2, 0) is 6.42 Å². The van der Waals surface area contributed by atoms with Crippen LogP contribution >= 0.6 is 11.6 Å². The molecule has 0 amide bonds. The van der Waals surface area contributed by atoms with E-state index >= 15 is 0 Å². The van der Waals surface area contributed by atoms with Crippen molar-refractivity contribution in [1.82, 2.24) is 0 Å². The van der Waals surface area contributed by atoms with Crippen molar-refractivity contribution >= 4 is 11.6 Å². The molecule has 118 valence electrons. The zero-order chi connectivity index (χ0) is 15.6. The van der Waals surface area contributed by atoms with E-state index < -0.39 is 29.9 Å². The van der Waals surface area contributed by atoms with E-state index in [9.17, 15) is 17.6 Å². The molecule has 0 spiro atoms. The van der Waals surface area contributed by atoms with Gasteiger partial charge in [0.25, 0.3) is 0 Å². The molecule has 3 unspecified atom stereocenters. The van der Waals surface area contributed by atoms with Crippen LogP contribution < -0.4 is 5.73 Å². The third-order valence-corrected chi connectivity index (χ3v) is 4.57. The van der Waals surface area contributed by atoms with Crippen LogP contribution in [0.3, 0.4) is 0 Å². The van der Waals surface area contributed by atoms with Gasteiger partial charge in [-0.05, 0) is 36.8 Å². The van der Waals surface area contributed by atoms with E-state index in [0.717, 1.165) is 6.42 Å². The van der Waals surface area contributed by atoms with E-state index in [2.05, 4.69) is 0 Å². The summed E-state index contributed by atoms with van der Waals surface area (Å²) in [5, 5.41) is -0.0317. The molecule has 1 fully saturated rings. The quantitative estimate of drug-likeness (QED) is 0.800. The minimum absolute atomic E-state index is 0.0317. The second-order valence-corrected chi connectivity index (χ2v) is 6.08. The van der Waals surface area contributed by atoms with Gasteiger partial charge in [0.2, 0.25) is 0 Å². The Hall–Kier alpha value is -0.810. The molecule has 1 aromatic carbocycles. The Bertz CT molecular complexity index is 489. The summed E-state index contributed by atoms with van der Waals surface area (Å²) in [5.41, 5.74) is 6.26. The highest BCUT2D eigenvalue weighted by Crippen LogP contribution is 2.43. The lowest BCUT2D eigenvalue weighted by atomic mass is 9.73. The Morgan fingerprint density at radius 3 is 2.57 bits per heavy atom. The molecule has 1 saturated carbocycles. The van der Waals surface area contributed by atoms with Gasteiger partial charge in [-0.15, -0.1) is 0 Å². The third kappa shape index (κ3) is 3.89. The van der Waals surface area contributed by atoms with Crippen LogP contribution in [0.25, 0.3) is 0 Å². The molecule has 6 heteroatoms. The van der Waals surface area contributed by atoms with Crippen molar-refractivity contribution < 1.29 is 17.6 Å². The van der Waals surface area contributed by atoms with Crippen LogP contribution in [0.4, 0.5) is 17.6 Å². The maximum atomic E-state index is 13.9. The van der Waals surface area contributed by atoms with Gasteiger partial charge in [0, 0.05) is 6.04 Å². The second kappa shape index (κ2) is 6.53. The standard InChI is InChI=1S/C15H18ClF4N/c16-12-7-3-4-9(14(12)17)8-13(21)10-5-1-2-6-11(10)15(18,19)20/h3-4,7,10-11,13H,1-2,5-6,8,21H2. The highest BCUT2D eigenvalue weighted by atomic mass is 35.5. The number of nitrogens with two attached hydrogens (primary N) is 1. The molecule has 2 N–H and O–H groups in total. The summed E-state index contributed by atoms with van der Waals surface area (Å²) in [6, 6.07) is 3.79. The van der Waals surface area contributed by atoms with E-state index in [1.807, 2.05) is 0 Å². The molecule has 1 aliphatic carbocycles. The first-order valence-electron chi connectivity index (χ1n) is 7.06. The lowest BCUT2D eigenvalue weighted by molar-refractivity contribution is -0.198. The number of hydrogen-bond acceptors (Lipinski definition) is 1. The number of hydrogen-bond donors (Lipinski definition) is 1. The van der Waals surface area contributed by atoms with Gasteiger partial charge >= 0.3 is 6.18 Å². The first kappa shape index (κ1) is 16.6. The average Bonchev–Trinajstić information content (AvgIpc) is 2.43. The molecular formula is C15H18ClF4N. The number of benzene rings is 1. The minimum Gasteiger partial charge on any atom is -0.327 e. The molecule has 21 heavy (non-hydrogen) atoms. The van der Waals surface area contributed by atoms with Gasteiger partial charge in [0.1, 0.15) is 5.82 Å². The Labute approximate surface area is 126 Å². The van der Waals surface area contributed by atoms with Crippen LogP contribution in [0.1, 0.15) is 31.2 Å². The summed E-state index contributed by atoms with van der Waals surface area (Å²) in [6.07, 6.45) is -2.31. The molecule has 2 rings (SSSR count). The van der Waals surface area contributed by atoms with Crippen molar-refractivity contribution in [2.24, 2.45) is 17.6 Å². The van der Waals surface area contributed by atoms with Crippen molar-refractivity contribution in [2.75, 3.05) is 0 Å². The first-order chi connectivity index (χ1) is 9.80. The number of alkyl halides is 3. The molecule has 0 bridgehead atoms. The van der Waals surface area contributed by atoms with E-state index in [1.165, 1.54) is 12.1 Å². The highest BCUT2D eigenvalue weighted by molar-refractivity contribution is 6.30. The van der Waals surface area contributed by atoms with Crippen molar-refractivity contribution in [3.8, 4) is 0 Å². The van der Waals surface area contributed by atoms with Crippen LogP contribution in [0.15, 0.2) is 18.2 Å². The van der Waals surface area contributed by atoms with Gasteiger partial charge in [-0.3, -0.25) is 0 Å². The lowest BCUT2D eigenvalue weighted by Crippen LogP contribution is -2.44. The largest absolute Gasteiger partial charge is 0.392 e. The minimum atomic E-state index is -4.24. The predicted octanol–water partition coefficient (Wildman–Crippen LogP) is 4.72. The maximum absolute atomic E-state index is 13.9. The summed E-state index contributed by atoms with van der Waals surface area (Å²) in [6.45, 7) is 0. The molecule has 0 radical (unpaired) electrons. The molecule has 0 aromatic heterocycles. The zero-order valence-electron chi connectivity index (χ0n) is 11.5. The summed E-state index contributed by atoms with van der Waals surface area (Å²) >= 11 is 5.69. The molecule has 0 aliphatic heterocycles. The number of rotatable bonds is 3. The fraction of sp³-hybridized carbons (Fsp3) is 0.600. The highest BCUT2D eigenvalue weighted by Gasteiger charge is 2.47. The fourth-order valence-corrected chi connectivity index (χ4v) is 3.38. The predicted molar refractivity (Wildman–Crippen MR) is 74.6 cm³/mol. The molecule has 1 nitrogen and oxygen atoms in total. The van der Waals surface area contributed by atoms with Gasteiger partial charge in [-0.1, -0.05) is 36.6 Å². The summed E-state index contributed by atoms with van der Waals surface area (Å²) in [5.74, 6) is -2.63. The third-order valence-electron chi connectivity index (χ3n) is 4.28. The Balaban J connectivity index is 2.14. The van der Waals surface area contributed by atoms with Crippen molar-refractivity contribution in [1.29, 1.82) is 0 Å². The van der Waals surface area contributed by atoms with E-state index in [1.54, 1.807) is 6.07 Å². The SMILES string of the molecule is NC(Cc1cccc(Cl)c1F)C1CCCCC1C(F)(F)F. The second-order valence-electron chi connectivity index (χ2n) is 5.68. The van der Waals surface area contributed by atoms with Gasteiger partial charge in [-0.2, -0.15) is 13.2 Å². The van der Waals surface area contributed by atoms with Crippen molar-refractivity contribution in [2.45, 2.75) is 44.3 Å². The Morgan fingerprint density at radius 2 is 1.90 bits per heavy atom. The Kier molecular flexibility index (Phi) is 5.15. The van der Waals surface area contributed by atoms with E-state index in [0.29, 0.717) is 12.8 Å². The first-order valence-corrected chi connectivity index (χ1v) is 7.43. The van der Waals surface area contributed by atoms with Gasteiger partial charge in [0.05, 0.1) is 10.9 Å². The van der Waals surface area contributed by atoms with Crippen LogP contribution in [0, 0.1) is 17.7 Å². The van der Waals surface area contributed by atoms with E-state index in [4.69, 9.17) is 17.3 Å². The van der Waals surface area contributed by atoms with Gasteiger partial charge in [-0.25, -0.2) is 4.39 Å². The average molecular weight is 324 g/mol. The molecule has 1 aliphatic rings. The van der Waals surface area contributed by atoms with Crippen molar-refractivity contribution in [3.63, 3.8) is 0 Å². The normalized spacial score (nSPS) is 24.9. The smallest absolute Gasteiger partial charge is 0.327 e. The van der Waals surface area contributed by atoms with Crippen LogP contribution in [0.5, 0.6) is 0 Å². The summed E-state index contributed by atoms with van der Waals surface area (Å²) < 4.78 is 53.1. The van der Waals surface area contributed by atoms with Crippen LogP contribution in [0.2, 0.25) is 5.02 Å². The van der Waals surface area contributed by atoms with Gasteiger partial charge in [0.15, 0.2) is 0 Å².